The molecule has 0 N–H and O–H groups in total. The van der Waals surface area contributed by atoms with Crippen molar-refractivity contribution in [2.45, 2.75) is 0 Å². The van der Waals surface area contributed by atoms with Crippen molar-refractivity contribution in [3.8, 4) is 28.2 Å². The molecular weight excluding hydrogens is 526 g/mol. The van der Waals surface area contributed by atoms with Gasteiger partial charge in [-0.2, -0.15) is 0 Å². The molecule has 43 heavy (non-hydrogen) atoms. The first-order chi connectivity index (χ1) is 23.8. The first kappa shape index (κ1) is 18.5. The number of para-hydroxylation sites is 1. The Balaban J connectivity index is 1.39. The molecule has 0 unspecified atom stereocenters. The average Bonchev–Trinajstić information content (AvgIpc) is 3.44. The Morgan fingerprint density at radius 3 is 1.98 bits per heavy atom. The van der Waals surface area contributed by atoms with Gasteiger partial charge in [0.1, 0.15) is 0 Å². The van der Waals surface area contributed by atoms with Gasteiger partial charge in [0.15, 0.2) is 11.3 Å². The second kappa shape index (κ2) is 9.29. The molecule has 0 fully saturated rings. The lowest BCUT2D eigenvalue weighted by molar-refractivity contribution is 1.16. The van der Waals surface area contributed by atoms with E-state index in [1.165, 1.54) is 12.4 Å². The second-order valence-electron chi connectivity index (χ2n) is 10.3. The predicted molar refractivity (Wildman–Crippen MR) is 175 cm³/mol. The summed E-state index contributed by atoms with van der Waals surface area (Å²) >= 11 is 0. The van der Waals surface area contributed by atoms with E-state index in [1.807, 2.05) is 84.9 Å². The number of nitrogens with zero attached hydrogens (tertiary/aromatic N) is 5. The van der Waals surface area contributed by atoms with Gasteiger partial charge in [-0.15, -0.1) is 0 Å². The Morgan fingerprint density at radius 1 is 0.512 bits per heavy atom. The lowest BCUT2D eigenvalue weighted by Crippen LogP contribution is -1.98. The fourth-order valence-corrected chi connectivity index (χ4v) is 5.76. The van der Waals surface area contributed by atoms with Gasteiger partial charge in [-0.1, -0.05) is 90.9 Å². The molecule has 0 radical (unpaired) electrons. The summed E-state index contributed by atoms with van der Waals surface area (Å²) < 4.78 is 57.8. The number of benzene rings is 6. The molecule has 3 aromatic heterocycles. The zero-order valence-electron chi connectivity index (χ0n) is 28.6. The number of fused-ring (bicyclic) bond motifs is 6. The molecular formula is C38H23N5. The lowest BCUT2D eigenvalue weighted by Gasteiger charge is -2.12. The third-order valence-electron chi connectivity index (χ3n) is 7.73. The summed E-state index contributed by atoms with van der Waals surface area (Å²) in [6.45, 7) is 0. The highest BCUT2D eigenvalue weighted by molar-refractivity contribution is 6.13. The van der Waals surface area contributed by atoms with Crippen LogP contribution in [0.15, 0.2) is 140 Å². The van der Waals surface area contributed by atoms with Crippen LogP contribution >= 0.6 is 0 Å². The van der Waals surface area contributed by atoms with Crippen molar-refractivity contribution in [2.24, 2.45) is 0 Å². The molecule has 0 spiro atoms. The van der Waals surface area contributed by atoms with E-state index in [-0.39, 0.29) is 75.3 Å². The van der Waals surface area contributed by atoms with Crippen LogP contribution in [0.3, 0.4) is 0 Å². The van der Waals surface area contributed by atoms with E-state index in [4.69, 9.17) is 9.97 Å². The number of aromatic nitrogens is 5. The van der Waals surface area contributed by atoms with E-state index in [9.17, 15) is 8.22 Å². The molecule has 0 saturated heterocycles. The quantitative estimate of drug-likeness (QED) is 0.218. The summed E-state index contributed by atoms with van der Waals surface area (Å²) in [6, 6.07) is 27.2. The molecule has 5 heteroatoms. The van der Waals surface area contributed by atoms with E-state index >= 15 is 0 Å². The normalized spacial score (nSPS) is 13.7. The van der Waals surface area contributed by atoms with Crippen molar-refractivity contribution in [3.63, 3.8) is 0 Å². The third kappa shape index (κ3) is 3.79. The number of hydrogen-bond acceptors (Lipinski definition) is 4. The van der Waals surface area contributed by atoms with Gasteiger partial charge in [-0.25, -0.2) is 19.9 Å². The molecule has 0 amide bonds. The molecule has 0 aliphatic carbocycles. The lowest BCUT2D eigenvalue weighted by atomic mass is 10.0. The smallest absolute Gasteiger partial charge is 0.198 e. The zero-order chi connectivity index (χ0) is 33.6. The minimum Gasteiger partial charge on any atom is -0.309 e. The van der Waals surface area contributed by atoms with E-state index in [2.05, 4.69) is 16.0 Å². The monoisotopic (exact) mass is 555 g/mol. The van der Waals surface area contributed by atoms with Crippen LogP contribution in [0.2, 0.25) is 0 Å². The average molecular weight is 556 g/mol. The summed E-state index contributed by atoms with van der Waals surface area (Å²) in [6.07, 6.45) is 2.98. The maximum atomic E-state index is 9.50. The van der Waals surface area contributed by atoms with Crippen LogP contribution in [0, 0.1) is 0 Å². The Kier molecular flexibility index (Phi) is 4.00. The Hall–Kier alpha value is -5.94. The third-order valence-corrected chi connectivity index (χ3v) is 7.73. The Labute approximate surface area is 255 Å². The van der Waals surface area contributed by atoms with Crippen molar-refractivity contribution < 1.29 is 8.22 Å². The molecule has 3 heterocycles. The zero-order valence-corrected chi connectivity index (χ0v) is 22.6. The topological polar surface area (TPSA) is 56.5 Å². The molecule has 0 saturated carbocycles. The van der Waals surface area contributed by atoms with Crippen molar-refractivity contribution in [3.05, 3.63) is 140 Å². The Morgan fingerprint density at radius 2 is 1.16 bits per heavy atom. The molecule has 0 aliphatic rings. The van der Waals surface area contributed by atoms with Gasteiger partial charge in [-0.05, 0) is 57.9 Å². The molecule has 0 bridgehead atoms. The maximum Gasteiger partial charge on any atom is 0.198 e. The van der Waals surface area contributed by atoms with E-state index in [0.29, 0.717) is 11.3 Å². The molecule has 6 aromatic carbocycles. The molecule has 9 aromatic rings. The standard InChI is InChI=1S/C38H23N5/c1-2-8-24(9-3-1)35-36(42-38-37(41-35)39-18-19-40-38)29-15-14-28-21-30(17-16-27(28)20-29)43-33-13-7-6-12-31(33)32-22-25-10-4-5-11-26(25)23-34(32)43/h1-23H/i14D,15D,16D,17D,20D,21D. The largest absolute Gasteiger partial charge is 0.309 e. The minimum atomic E-state index is -0.341. The highest BCUT2D eigenvalue weighted by Gasteiger charge is 2.16. The van der Waals surface area contributed by atoms with Crippen LogP contribution in [0.1, 0.15) is 8.22 Å². The van der Waals surface area contributed by atoms with Crippen LogP contribution in [0.25, 0.3) is 82.8 Å². The number of hydrogen-bond donors (Lipinski definition) is 0. The first-order valence-corrected chi connectivity index (χ1v) is 13.8. The fraction of sp³-hybridized carbons (Fsp3) is 0. The van der Waals surface area contributed by atoms with Crippen LogP contribution in [-0.4, -0.2) is 24.5 Å². The maximum absolute atomic E-state index is 9.50. The second-order valence-corrected chi connectivity index (χ2v) is 10.3. The highest BCUT2D eigenvalue weighted by Crippen LogP contribution is 2.37. The van der Waals surface area contributed by atoms with Crippen LogP contribution in [-0.2, 0) is 0 Å². The van der Waals surface area contributed by atoms with Crippen molar-refractivity contribution >= 4 is 54.6 Å². The van der Waals surface area contributed by atoms with Gasteiger partial charge in [0.2, 0.25) is 0 Å². The van der Waals surface area contributed by atoms with Gasteiger partial charge in [0.25, 0.3) is 0 Å². The van der Waals surface area contributed by atoms with Gasteiger partial charge in [-0.3, -0.25) is 0 Å². The molecule has 200 valence electrons. The van der Waals surface area contributed by atoms with Gasteiger partial charge in [0.05, 0.1) is 30.6 Å². The fourth-order valence-electron chi connectivity index (χ4n) is 5.76. The first-order valence-electron chi connectivity index (χ1n) is 16.8. The van der Waals surface area contributed by atoms with Crippen molar-refractivity contribution in [1.29, 1.82) is 0 Å². The summed E-state index contributed by atoms with van der Waals surface area (Å²) in [7, 11) is 0. The summed E-state index contributed by atoms with van der Waals surface area (Å²) in [5.41, 5.74) is 3.20. The van der Waals surface area contributed by atoms with Crippen molar-refractivity contribution in [2.75, 3.05) is 0 Å². The molecule has 5 nitrogen and oxygen atoms in total. The van der Waals surface area contributed by atoms with Crippen LogP contribution in [0.4, 0.5) is 0 Å². The minimum absolute atomic E-state index is 0.0280. The van der Waals surface area contributed by atoms with Crippen LogP contribution in [0.5, 0.6) is 0 Å². The number of rotatable bonds is 3. The van der Waals surface area contributed by atoms with Gasteiger partial charge < -0.3 is 4.57 Å². The molecule has 0 aliphatic heterocycles. The SMILES string of the molecule is [2H]c1c(-n2c3ccccc3c3cc4ccccc4cc32)c([2H])c2c([2H])c([2H])c(-c3nc4nccnc4nc3-c3ccccc3)c([2H])c2c1[2H]. The Bertz CT molecular complexity index is 2850. The van der Waals surface area contributed by atoms with Crippen molar-refractivity contribution in [1.82, 2.24) is 24.5 Å². The molecule has 9 rings (SSSR count). The van der Waals surface area contributed by atoms with Gasteiger partial charge in [0, 0.05) is 40.0 Å². The van der Waals surface area contributed by atoms with E-state index in [1.54, 1.807) is 4.57 Å². The summed E-state index contributed by atoms with van der Waals surface area (Å²) in [5.74, 6) is 0. The van der Waals surface area contributed by atoms with E-state index < -0.39 is 0 Å². The highest BCUT2D eigenvalue weighted by atomic mass is 15.0. The summed E-state index contributed by atoms with van der Waals surface area (Å²) in [4.78, 5) is 18.0. The van der Waals surface area contributed by atoms with Crippen LogP contribution < -0.4 is 0 Å². The van der Waals surface area contributed by atoms with E-state index in [0.717, 1.165) is 32.6 Å². The predicted octanol–water partition coefficient (Wildman–Crippen LogP) is 9.16. The summed E-state index contributed by atoms with van der Waals surface area (Å²) in [5, 5.41) is 3.76. The molecule has 0 atom stereocenters. The van der Waals surface area contributed by atoms with Gasteiger partial charge >= 0.3 is 0 Å².